The third-order valence-corrected chi connectivity index (χ3v) is 3.20. The summed E-state index contributed by atoms with van der Waals surface area (Å²) in [5.41, 5.74) is 4.84. The van der Waals surface area contributed by atoms with E-state index in [0.29, 0.717) is 0 Å². The van der Waals surface area contributed by atoms with Crippen molar-refractivity contribution in [3.05, 3.63) is 36.5 Å². The fraction of sp³-hybridized carbons (Fsp3) is 0. The minimum atomic E-state index is -4.45. The second kappa shape index (κ2) is 4.44. The number of hydrogen-bond donors (Lipinski definition) is 2. The van der Waals surface area contributed by atoms with E-state index in [4.69, 9.17) is 10.3 Å². The van der Waals surface area contributed by atoms with Crippen molar-refractivity contribution in [1.29, 1.82) is 0 Å². The summed E-state index contributed by atoms with van der Waals surface area (Å²) < 4.78 is 45.4. The molecule has 1 aromatic carbocycles. The molecule has 1 aromatic heterocycles. The van der Waals surface area contributed by atoms with E-state index in [1.807, 2.05) is 0 Å². The fourth-order valence-electron chi connectivity index (χ4n) is 1.44. The molecule has 0 radical (unpaired) electrons. The standard InChI is InChI=1S/C10H8FN3O4S/c11-8-2-1-6(19(16,17)18)3-7(8)9-4-14(5-13-9)10(12)15/h1-5H,(H2,12,15)(H,16,17,18). The van der Waals surface area contributed by atoms with Crippen LogP contribution in [0.1, 0.15) is 0 Å². The molecule has 9 heteroatoms. The fourth-order valence-corrected chi connectivity index (χ4v) is 1.95. The van der Waals surface area contributed by atoms with Crippen molar-refractivity contribution in [2.24, 2.45) is 5.73 Å². The molecule has 7 nitrogen and oxygen atoms in total. The Balaban J connectivity index is 2.57. The van der Waals surface area contributed by atoms with Crippen LogP contribution < -0.4 is 5.73 Å². The Morgan fingerprint density at radius 2 is 2.11 bits per heavy atom. The average molecular weight is 285 g/mol. The summed E-state index contributed by atoms with van der Waals surface area (Å²) in [6, 6.07) is 1.89. The molecule has 0 spiro atoms. The van der Waals surface area contributed by atoms with E-state index in [-0.39, 0.29) is 11.3 Å². The molecule has 3 N–H and O–H groups in total. The van der Waals surface area contributed by atoms with Gasteiger partial charge in [-0.2, -0.15) is 8.42 Å². The number of nitrogens with zero attached hydrogens (tertiary/aromatic N) is 2. The zero-order chi connectivity index (χ0) is 14.2. The summed E-state index contributed by atoms with van der Waals surface area (Å²) in [7, 11) is -4.45. The minimum Gasteiger partial charge on any atom is -0.351 e. The lowest BCUT2D eigenvalue weighted by Crippen LogP contribution is -2.17. The zero-order valence-electron chi connectivity index (χ0n) is 9.32. The van der Waals surface area contributed by atoms with Gasteiger partial charge >= 0.3 is 6.03 Å². The number of imidazole rings is 1. The van der Waals surface area contributed by atoms with Crippen molar-refractivity contribution < 1.29 is 22.2 Å². The highest BCUT2D eigenvalue weighted by molar-refractivity contribution is 7.85. The third kappa shape index (κ3) is 2.61. The molecule has 0 aliphatic carbocycles. The lowest BCUT2D eigenvalue weighted by molar-refractivity contribution is 0.250. The van der Waals surface area contributed by atoms with Crippen LogP contribution in [0.2, 0.25) is 0 Å². The predicted molar refractivity (Wildman–Crippen MR) is 62.4 cm³/mol. The summed E-state index contributed by atoms with van der Waals surface area (Å²) >= 11 is 0. The van der Waals surface area contributed by atoms with Crippen molar-refractivity contribution in [3.8, 4) is 11.3 Å². The highest BCUT2D eigenvalue weighted by Gasteiger charge is 2.16. The van der Waals surface area contributed by atoms with Crippen LogP contribution in [-0.4, -0.2) is 28.6 Å². The number of aromatic nitrogens is 2. The van der Waals surface area contributed by atoms with Gasteiger partial charge in [0.1, 0.15) is 12.1 Å². The largest absolute Gasteiger partial charge is 0.351 e. The first-order chi connectivity index (χ1) is 8.79. The third-order valence-electron chi connectivity index (χ3n) is 2.35. The molecule has 2 aromatic rings. The maximum absolute atomic E-state index is 13.6. The lowest BCUT2D eigenvalue weighted by atomic mass is 10.1. The Bertz CT molecular complexity index is 754. The van der Waals surface area contributed by atoms with Crippen molar-refractivity contribution in [3.63, 3.8) is 0 Å². The number of primary amides is 1. The van der Waals surface area contributed by atoms with Crippen molar-refractivity contribution in [2.75, 3.05) is 0 Å². The lowest BCUT2D eigenvalue weighted by Gasteiger charge is -2.02. The highest BCUT2D eigenvalue weighted by atomic mass is 32.2. The molecule has 0 saturated heterocycles. The molecule has 2 rings (SSSR count). The number of carbonyl (C=O) groups is 1. The van der Waals surface area contributed by atoms with Crippen molar-refractivity contribution in [2.45, 2.75) is 4.90 Å². The number of nitrogens with two attached hydrogens (primary N) is 1. The van der Waals surface area contributed by atoms with Gasteiger partial charge in [0.05, 0.1) is 10.6 Å². The molecular weight excluding hydrogens is 277 g/mol. The summed E-state index contributed by atoms with van der Waals surface area (Å²) in [6.45, 7) is 0. The van der Waals surface area contributed by atoms with E-state index in [1.165, 1.54) is 0 Å². The number of amides is 1. The molecule has 0 fully saturated rings. The van der Waals surface area contributed by atoms with Crippen LogP contribution >= 0.6 is 0 Å². The molecule has 1 amide bonds. The van der Waals surface area contributed by atoms with Crippen molar-refractivity contribution in [1.82, 2.24) is 9.55 Å². The van der Waals surface area contributed by atoms with E-state index in [9.17, 15) is 17.6 Å². The van der Waals surface area contributed by atoms with E-state index >= 15 is 0 Å². The molecule has 19 heavy (non-hydrogen) atoms. The SMILES string of the molecule is NC(=O)n1cnc(-c2cc(S(=O)(=O)O)ccc2F)c1. The van der Waals surface area contributed by atoms with Crippen LogP contribution in [-0.2, 0) is 10.1 Å². The molecular formula is C10H8FN3O4S. The smallest absolute Gasteiger partial charge is 0.324 e. The van der Waals surface area contributed by atoms with E-state index in [2.05, 4.69) is 4.98 Å². The minimum absolute atomic E-state index is 0.0156. The van der Waals surface area contributed by atoms with Gasteiger partial charge in [-0.1, -0.05) is 0 Å². The van der Waals surface area contributed by atoms with Gasteiger partial charge in [0.25, 0.3) is 10.1 Å². The van der Waals surface area contributed by atoms with E-state index < -0.39 is 26.9 Å². The van der Waals surface area contributed by atoms with Crippen LogP contribution in [0.15, 0.2) is 35.6 Å². The second-order valence-electron chi connectivity index (χ2n) is 3.62. The Hall–Kier alpha value is -2.26. The molecule has 0 atom stereocenters. The molecule has 100 valence electrons. The highest BCUT2D eigenvalue weighted by Crippen LogP contribution is 2.24. The number of benzene rings is 1. The molecule has 0 unspecified atom stereocenters. The summed E-state index contributed by atoms with van der Waals surface area (Å²) in [6.07, 6.45) is 2.21. The molecule has 0 aliphatic heterocycles. The second-order valence-corrected chi connectivity index (χ2v) is 5.04. The van der Waals surface area contributed by atoms with Gasteiger partial charge in [0, 0.05) is 11.8 Å². The number of carbonyl (C=O) groups excluding carboxylic acids is 1. The van der Waals surface area contributed by atoms with Gasteiger partial charge in [0.2, 0.25) is 0 Å². The Kier molecular flexibility index (Phi) is 3.08. The first-order valence-corrected chi connectivity index (χ1v) is 6.34. The van der Waals surface area contributed by atoms with Crippen LogP contribution in [0.4, 0.5) is 9.18 Å². The molecule has 0 aliphatic rings. The summed E-state index contributed by atoms with van der Waals surface area (Å²) in [5.74, 6) is -0.748. The predicted octanol–water partition coefficient (Wildman–Crippen LogP) is 0.863. The quantitative estimate of drug-likeness (QED) is 0.794. The van der Waals surface area contributed by atoms with Crippen LogP contribution in [0.25, 0.3) is 11.3 Å². The normalized spacial score (nSPS) is 11.5. The van der Waals surface area contributed by atoms with Crippen LogP contribution in [0, 0.1) is 5.82 Å². The Labute approximate surface area is 107 Å². The average Bonchev–Trinajstić information content (AvgIpc) is 2.77. The summed E-state index contributed by atoms with van der Waals surface area (Å²) in [4.78, 5) is 14.1. The van der Waals surface area contributed by atoms with Gasteiger partial charge in [0.15, 0.2) is 0 Å². The molecule has 0 bridgehead atoms. The number of hydrogen-bond acceptors (Lipinski definition) is 4. The van der Waals surface area contributed by atoms with Crippen molar-refractivity contribution >= 4 is 16.1 Å². The maximum Gasteiger partial charge on any atom is 0.324 e. The van der Waals surface area contributed by atoms with Gasteiger partial charge in [-0.15, -0.1) is 0 Å². The van der Waals surface area contributed by atoms with Gasteiger partial charge in [-0.05, 0) is 18.2 Å². The topological polar surface area (TPSA) is 115 Å². The molecule has 1 heterocycles. The molecule has 0 saturated carbocycles. The Morgan fingerprint density at radius 1 is 1.42 bits per heavy atom. The Morgan fingerprint density at radius 3 is 2.63 bits per heavy atom. The summed E-state index contributed by atoms with van der Waals surface area (Å²) in [5, 5.41) is 0. The zero-order valence-corrected chi connectivity index (χ0v) is 10.1. The van der Waals surface area contributed by atoms with Gasteiger partial charge < -0.3 is 5.73 Å². The maximum atomic E-state index is 13.6. The van der Waals surface area contributed by atoms with Crippen LogP contribution in [0.5, 0.6) is 0 Å². The van der Waals surface area contributed by atoms with Crippen LogP contribution in [0.3, 0.4) is 0 Å². The van der Waals surface area contributed by atoms with E-state index in [1.54, 1.807) is 0 Å². The van der Waals surface area contributed by atoms with Gasteiger partial charge in [-0.3, -0.25) is 9.12 Å². The van der Waals surface area contributed by atoms with E-state index in [0.717, 1.165) is 35.3 Å². The first-order valence-electron chi connectivity index (χ1n) is 4.90. The van der Waals surface area contributed by atoms with Gasteiger partial charge in [-0.25, -0.2) is 14.2 Å². The number of halogens is 1. The monoisotopic (exact) mass is 285 g/mol. The number of rotatable bonds is 2. The first kappa shape index (κ1) is 13.2.